The molecule has 102 valence electrons. The number of amides is 2. The fourth-order valence-corrected chi connectivity index (χ4v) is 1.64. The van der Waals surface area contributed by atoms with E-state index in [1.165, 1.54) is 0 Å². The quantitative estimate of drug-likeness (QED) is 0.802. The van der Waals surface area contributed by atoms with Gasteiger partial charge in [-0.25, -0.2) is 0 Å². The number of carbonyl (C=O) groups is 2. The Morgan fingerprint density at radius 3 is 2.68 bits per heavy atom. The molecule has 0 aliphatic heterocycles. The Bertz CT molecular complexity index is 495. The lowest BCUT2D eigenvalue weighted by atomic mass is 10.1. The highest BCUT2D eigenvalue weighted by atomic mass is 16.5. The van der Waals surface area contributed by atoms with Crippen molar-refractivity contribution in [1.29, 1.82) is 0 Å². The first kappa shape index (κ1) is 13.4. The molecule has 5 nitrogen and oxygen atoms in total. The summed E-state index contributed by atoms with van der Waals surface area (Å²) in [5, 5.41) is 0. The standard InChI is InChI=1S/C14H18N2O3/c1-9-4-3-5-12(10(9)2)19-8-13(17)15-16-14(18)11-6-7-11/h3-5,11H,6-8H2,1-2H3,(H,15,17)(H,16,18). The molecule has 0 radical (unpaired) electrons. The molecule has 1 aromatic carbocycles. The van der Waals surface area contributed by atoms with E-state index in [1.807, 2.05) is 32.0 Å². The van der Waals surface area contributed by atoms with Crippen LogP contribution in [0.4, 0.5) is 0 Å². The SMILES string of the molecule is Cc1cccc(OCC(=O)NNC(=O)C2CC2)c1C. The smallest absolute Gasteiger partial charge is 0.276 e. The summed E-state index contributed by atoms with van der Waals surface area (Å²) in [5.41, 5.74) is 6.86. The Kier molecular flexibility index (Phi) is 4.04. The molecule has 1 aliphatic rings. The van der Waals surface area contributed by atoms with Crippen LogP contribution < -0.4 is 15.6 Å². The molecule has 0 bridgehead atoms. The third-order valence-corrected chi connectivity index (χ3v) is 3.19. The van der Waals surface area contributed by atoms with Gasteiger partial charge >= 0.3 is 0 Å². The summed E-state index contributed by atoms with van der Waals surface area (Å²) in [6.07, 6.45) is 1.81. The van der Waals surface area contributed by atoms with E-state index in [-0.39, 0.29) is 24.3 Å². The molecule has 0 saturated heterocycles. The van der Waals surface area contributed by atoms with Gasteiger partial charge in [0.15, 0.2) is 6.61 Å². The number of aryl methyl sites for hydroxylation is 1. The summed E-state index contributed by atoms with van der Waals surface area (Å²) >= 11 is 0. The Morgan fingerprint density at radius 1 is 1.26 bits per heavy atom. The Balaban J connectivity index is 1.76. The zero-order valence-corrected chi connectivity index (χ0v) is 11.2. The zero-order chi connectivity index (χ0) is 13.8. The molecular formula is C14H18N2O3. The second-order valence-electron chi connectivity index (χ2n) is 4.80. The molecule has 1 aliphatic carbocycles. The summed E-state index contributed by atoms with van der Waals surface area (Å²) in [4.78, 5) is 22.8. The number of rotatable bonds is 4. The molecule has 5 heteroatoms. The van der Waals surface area contributed by atoms with E-state index in [4.69, 9.17) is 4.74 Å². The highest BCUT2D eigenvalue weighted by Crippen LogP contribution is 2.28. The van der Waals surface area contributed by atoms with Crippen LogP contribution in [0.5, 0.6) is 5.75 Å². The number of carbonyl (C=O) groups excluding carboxylic acids is 2. The van der Waals surface area contributed by atoms with Crippen molar-refractivity contribution < 1.29 is 14.3 Å². The normalized spacial score (nSPS) is 13.8. The monoisotopic (exact) mass is 262 g/mol. The summed E-state index contributed by atoms with van der Waals surface area (Å²) in [7, 11) is 0. The molecule has 0 heterocycles. The van der Waals surface area contributed by atoms with Crippen LogP contribution in [-0.2, 0) is 9.59 Å². The van der Waals surface area contributed by atoms with Gasteiger partial charge in [0, 0.05) is 5.92 Å². The number of benzene rings is 1. The Labute approximate surface area is 112 Å². The van der Waals surface area contributed by atoms with Crippen molar-refractivity contribution in [3.05, 3.63) is 29.3 Å². The van der Waals surface area contributed by atoms with E-state index in [0.29, 0.717) is 5.75 Å². The van der Waals surface area contributed by atoms with Gasteiger partial charge in [-0.2, -0.15) is 0 Å². The van der Waals surface area contributed by atoms with E-state index >= 15 is 0 Å². The maximum absolute atomic E-state index is 11.5. The lowest BCUT2D eigenvalue weighted by Gasteiger charge is -2.11. The first-order valence-electron chi connectivity index (χ1n) is 6.35. The molecule has 1 aromatic rings. The van der Waals surface area contributed by atoms with Gasteiger partial charge in [0.25, 0.3) is 5.91 Å². The molecule has 2 N–H and O–H groups in total. The van der Waals surface area contributed by atoms with Crippen molar-refractivity contribution in [3.63, 3.8) is 0 Å². The lowest BCUT2D eigenvalue weighted by Crippen LogP contribution is -2.44. The third kappa shape index (κ3) is 3.71. The molecular weight excluding hydrogens is 244 g/mol. The minimum atomic E-state index is -0.366. The fourth-order valence-electron chi connectivity index (χ4n) is 1.64. The molecule has 2 rings (SSSR count). The van der Waals surface area contributed by atoms with Gasteiger partial charge in [-0.05, 0) is 43.9 Å². The molecule has 0 unspecified atom stereocenters. The van der Waals surface area contributed by atoms with Crippen molar-refractivity contribution in [2.45, 2.75) is 26.7 Å². The third-order valence-electron chi connectivity index (χ3n) is 3.19. The summed E-state index contributed by atoms with van der Waals surface area (Å²) in [6, 6.07) is 5.68. The maximum atomic E-state index is 11.5. The van der Waals surface area contributed by atoms with E-state index in [1.54, 1.807) is 0 Å². The Morgan fingerprint density at radius 2 is 2.00 bits per heavy atom. The van der Waals surface area contributed by atoms with Gasteiger partial charge in [-0.1, -0.05) is 12.1 Å². The van der Waals surface area contributed by atoms with Crippen molar-refractivity contribution in [1.82, 2.24) is 10.9 Å². The minimum absolute atomic E-state index is 0.0697. The first-order valence-corrected chi connectivity index (χ1v) is 6.35. The van der Waals surface area contributed by atoms with Crippen molar-refractivity contribution in [2.75, 3.05) is 6.61 Å². The van der Waals surface area contributed by atoms with Crippen LogP contribution in [0, 0.1) is 19.8 Å². The van der Waals surface area contributed by atoms with E-state index in [9.17, 15) is 9.59 Å². The average Bonchev–Trinajstić information content (AvgIpc) is 3.22. The van der Waals surface area contributed by atoms with Crippen LogP contribution in [0.15, 0.2) is 18.2 Å². The van der Waals surface area contributed by atoms with Gasteiger partial charge in [0.1, 0.15) is 5.75 Å². The van der Waals surface area contributed by atoms with Crippen molar-refractivity contribution in [3.8, 4) is 5.75 Å². The van der Waals surface area contributed by atoms with Gasteiger partial charge < -0.3 is 4.74 Å². The molecule has 0 aromatic heterocycles. The first-order chi connectivity index (χ1) is 9.08. The molecule has 2 amide bonds. The number of hydrogen-bond acceptors (Lipinski definition) is 3. The van der Waals surface area contributed by atoms with Crippen LogP contribution in [-0.4, -0.2) is 18.4 Å². The largest absolute Gasteiger partial charge is 0.483 e. The topological polar surface area (TPSA) is 67.4 Å². The predicted octanol–water partition coefficient (Wildman–Crippen LogP) is 1.24. The second-order valence-corrected chi connectivity index (χ2v) is 4.80. The van der Waals surface area contributed by atoms with Crippen LogP contribution in [0.1, 0.15) is 24.0 Å². The van der Waals surface area contributed by atoms with Crippen LogP contribution >= 0.6 is 0 Å². The highest BCUT2D eigenvalue weighted by molar-refractivity contribution is 5.85. The summed E-state index contributed by atoms with van der Waals surface area (Å²) < 4.78 is 5.42. The zero-order valence-electron chi connectivity index (χ0n) is 11.2. The molecule has 1 fully saturated rings. The molecule has 19 heavy (non-hydrogen) atoms. The van der Waals surface area contributed by atoms with Crippen molar-refractivity contribution >= 4 is 11.8 Å². The van der Waals surface area contributed by atoms with E-state index in [0.717, 1.165) is 24.0 Å². The van der Waals surface area contributed by atoms with Gasteiger partial charge in [-0.3, -0.25) is 20.4 Å². The fraction of sp³-hybridized carbons (Fsp3) is 0.429. The number of hydrazine groups is 1. The van der Waals surface area contributed by atoms with E-state index in [2.05, 4.69) is 10.9 Å². The lowest BCUT2D eigenvalue weighted by molar-refractivity contribution is -0.130. The number of hydrogen-bond donors (Lipinski definition) is 2. The van der Waals surface area contributed by atoms with Crippen LogP contribution in [0.2, 0.25) is 0 Å². The van der Waals surface area contributed by atoms with E-state index < -0.39 is 0 Å². The predicted molar refractivity (Wildman–Crippen MR) is 70.4 cm³/mol. The van der Waals surface area contributed by atoms with Crippen LogP contribution in [0.25, 0.3) is 0 Å². The molecule has 1 saturated carbocycles. The molecule has 0 spiro atoms. The average molecular weight is 262 g/mol. The Hall–Kier alpha value is -2.04. The van der Waals surface area contributed by atoms with Gasteiger partial charge in [0.05, 0.1) is 0 Å². The highest BCUT2D eigenvalue weighted by Gasteiger charge is 2.29. The summed E-state index contributed by atoms with van der Waals surface area (Å²) in [6.45, 7) is 3.81. The minimum Gasteiger partial charge on any atom is -0.483 e. The van der Waals surface area contributed by atoms with Crippen molar-refractivity contribution in [2.24, 2.45) is 5.92 Å². The number of ether oxygens (including phenoxy) is 1. The van der Waals surface area contributed by atoms with Gasteiger partial charge in [0.2, 0.25) is 5.91 Å². The maximum Gasteiger partial charge on any atom is 0.276 e. The second kappa shape index (κ2) is 5.73. The summed E-state index contributed by atoms with van der Waals surface area (Å²) in [5.74, 6) is 0.263. The molecule has 0 atom stereocenters. The van der Waals surface area contributed by atoms with Crippen LogP contribution in [0.3, 0.4) is 0 Å². The van der Waals surface area contributed by atoms with Gasteiger partial charge in [-0.15, -0.1) is 0 Å². The number of nitrogens with one attached hydrogen (secondary N) is 2.